The molecule has 0 bridgehead atoms. The predicted molar refractivity (Wildman–Crippen MR) is 83.9 cm³/mol. The van der Waals surface area contributed by atoms with E-state index in [9.17, 15) is 9.13 Å². The van der Waals surface area contributed by atoms with Gasteiger partial charge < -0.3 is 0 Å². The van der Waals surface area contributed by atoms with Crippen molar-refractivity contribution in [2.24, 2.45) is 0 Å². The van der Waals surface area contributed by atoms with E-state index in [0.29, 0.717) is 0 Å². The normalized spacial score (nSPS) is 10.2. The van der Waals surface area contributed by atoms with Gasteiger partial charge in [0.15, 0.2) is 16.3 Å². The van der Waals surface area contributed by atoms with Crippen molar-refractivity contribution in [3.8, 4) is 0 Å². The summed E-state index contributed by atoms with van der Waals surface area (Å²) in [7, 11) is -1.50. The molecule has 0 heterocycles. The van der Waals surface area contributed by atoms with Gasteiger partial charge in [0.2, 0.25) is 0 Å². The topological polar surface area (TPSA) is 34.1 Å². The van der Waals surface area contributed by atoms with Gasteiger partial charge in [0.25, 0.3) is 0 Å². The van der Waals surface area contributed by atoms with Gasteiger partial charge in [-0.3, -0.25) is 0 Å². The molecule has 2 aromatic rings. The minimum Gasteiger partial charge on any atom is -0.0707 e. The summed E-state index contributed by atoms with van der Waals surface area (Å²) in [6.45, 7) is 3.96. The molecule has 0 aliphatic rings. The molecule has 0 N–H and O–H groups in total. The third kappa shape index (κ3) is 7.18. The van der Waals surface area contributed by atoms with Crippen LogP contribution in [0, 0.1) is 0 Å². The van der Waals surface area contributed by atoms with E-state index in [0.717, 1.165) is 10.6 Å². The summed E-state index contributed by atoms with van der Waals surface area (Å²) in [4.78, 5) is 0. The molecule has 0 aliphatic carbocycles. The molecule has 0 amide bonds. The van der Waals surface area contributed by atoms with Gasteiger partial charge in [0.1, 0.15) is 0 Å². The second-order valence-electron chi connectivity index (χ2n) is 4.22. The molecule has 2 aromatic carbocycles. The fourth-order valence-electron chi connectivity index (χ4n) is 1.38. The van der Waals surface area contributed by atoms with Crippen LogP contribution in [-0.4, -0.2) is 5.66 Å². The summed E-state index contributed by atoms with van der Waals surface area (Å²) in [6.07, 6.45) is 0. The van der Waals surface area contributed by atoms with Crippen LogP contribution in [0.15, 0.2) is 60.7 Å². The Balaban J connectivity index is 0.000000359. The Hall–Kier alpha value is -0.698. The van der Waals surface area contributed by atoms with E-state index in [2.05, 4.69) is 0 Å². The van der Waals surface area contributed by atoms with Gasteiger partial charge in [-0.05, 0) is 38.1 Å². The first-order valence-corrected chi connectivity index (χ1v) is 8.33. The molecule has 2 rings (SSSR count). The molecule has 0 fully saturated rings. The smallest absolute Gasteiger partial charge is 0.0707 e. The van der Waals surface area contributed by atoms with Gasteiger partial charge in [0.05, 0.1) is 0 Å². The number of hydrogen-bond donors (Lipinski definition) is 0. The molecule has 0 saturated carbocycles. The van der Waals surface area contributed by atoms with Crippen LogP contribution in [0.4, 0.5) is 0 Å². The second kappa shape index (κ2) is 11.0. The molecule has 0 aromatic heterocycles. The van der Waals surface area contributed by atoms with Crippen LogP contribution in [-0.2, 0) is 29.6 Å². The average Bonchev–Trinajstić information content (AvgIpc) is 2.48. The van der Waals surface area contributed by atoms with Crippen molar-refractivity contribution >= 4 is 26.9 Å². The Morgan fingerprint density at radius 2 is 1.35 bits per heavy atom. The van der Waals surface area contributed by atoms with Crippen LogP contribution < -0.4 is 10.6 Å². The van der Waals surface area contributed by atoms with Crippen molar-refractivity contribution in [1.82, 2.24) is 0 Å². The molecular formula is C15H18O2P2Pd+2. The van der Waals surface area contributed by atoms with Crippen LogP contribution >= 0.6 is 16.3 Å². The zero-order chi connectivity index (χ0) is 14.1. The SMILES string of the molecule is CC(C)[P+](=O)c1ccccc1.O=[PH+]c1ccccc1.[Pd]. The Morgan fingerprint density at radius 1 is 0.900 bits per heavy atom. The molecule has 108 valence electrons. The van der Waals surface area contributed by atoms with Gasteiger partial charge in [-0.2, -0.15) is 0 Å². The Morgan fingerprint density at radius 3 is 1.70 bits per heavy atom. The monoisotopic (exact) mass is 398 g/mol. The molecule has 2 unspecified atom stereocenters. The maximum absolute atomic E-state index is 11.5. The van der Waals surface area contributed by atoms with Gasteiger partial charge >= 0.3 is 16.3 Å². The molecule has 20 heavy (non-hydrogen) atoms. The fraction of sp³-hybridized carbons (Fsp3) is 0.200. The molecule has 0 radical (unpaired) electrons. The van der Waals surface area contributed by atoms with E-state index in [1.807, 2.05) is 74.5 Å². The van der Waals surface area contributed by atoms with Gasteiger partial charge in [-0.25, -0.2) is 0 Å². The summed E-state index contributed by atoms with van der Waals surface area (Å²) >= 11 is 0. The number of benzene rings is 2. The first kappa shape index (κ1) is 19.3. The van der Waals surface area contributed by atoms with Crippen molar-refractivity contribution in [1.29, 1.82) is 0 Å². The average molecular weight is 399 g/mol. The third-order valence-corrected chi connectivity index (χ3v) is 4.69. The first-order chi connectivity index (χ1) is 9.15. The van der Waals surface area contributed by atoms with Crippen molar-refractivity contribution < 1.29 is 29.6 Å². The minimum absolute atomic E-state index is 0. The Labute approximate surface area is 136 Å². The Kier molecular flexibility index (Phi) is 10.6. The molecule has 0 saturated heterocycles. The summed E-state index contributed by atoms with van der Waals surface area (Å²) in [5.74, 6) is 0. The fourth-order valence-corrected chi connectivity index (χ4v) is 2.77. The van der Waals surface area contributed by atoms with E-state index < -0.39 is 7.80 Å². The molecule has 0 aliphatic heterocycles. The Bertz CT molecular complexity index is 516. The maximum atomic E-state index is 11.5. The van der Waals surface area contributed by atoms with Gasteiger partial charge in [0, 0.05) is 20.4 Å². The summed E-state index contributed by atoms with van der Waals surface area (Å²) < 4.78 is 21.7. The van der Waals surface area contributed by atoms with Crippen LogP contribution in [0.1, 0.15) is 13.8 Å². The van der Waals surface area contributed by atoms with Crippen molar-refractivity contribution in [2.75, 3.05) is 0 Å². The van der Waals surface area contributed by atoms with Gasteiger partial charge in [-0.15, -0.1) is 0 Å². The third-order valence-electron chi connectivity index (χ3n) is 2.37. The number of rotatable bonds is 3. The first-order valence-electron chi connectivity index (χ1n) is 6.09. The second-order valence-corrected chi connectivity index (χ2v) is 7.21. The molecule has 5 heteroatoms. The van der Waals surface area contributed by atoms with Crippen molar-refractivity contribution in [2.45, 2.75) is 19.5 Å². The van der Waals surface area contributed by atoms with Crippen LogP contribution in [0.25, 0.3) is 0 Å². The molecule has 0 spiro atoms. The summed E-state index contributed by atoms with van der Waals surface area (Å²) in [5, 5.41) is 1.84. The summed E-state index contributed by atoms with van der Waals surface area (Å²) in [5.41, 5.74) is 0.243. The zero-order valence-electron chi connectivity index (χ0n) is 11.4. The van der Waals surface area contributed by atoms with Gasteiger partial charge in [-0.1, -0.05) is 45.5 Å². The van der Waals surface area contributed by atoms with Crippen LogP contribution in [0.5, 0.6) is 0 Å². The molecular weight excluding hydrogens is 381 g/mol. The largest absolute Gasteiger partial charge is 0.379 e. The van der Waals surface area contributed by atoms with E-state index in [1.165, 1.54) is 0 Å². The molecule has 2 nitrogen and oxygen atoms in total. The standard InChI is InChI=1S/C9H12OP.C6H5OP.Pd/c1-8(2)11(10)9-6-4-3-5-7-9;7-8-6-4-2-1-3-5-6;/h3-8H,1-2H3;1-5H;/q+1;;/p+1. The minimum atomic E-state index is -1.18. The summed E-state index contributed by atoms with van der Waals surface area (Å²) in [6, 6.07) is 18.9. The van der Waals surface area contributed by atoms with Crippen molar-refractivity contribution in [3.05, 3.63) is 60.7 Å². The number of hydrogen-bond acceptors (Lipinski definition) is 2. The maximum Gasteiger partial charge on any atom is 0.379 e. The quantitative estimate of drug-likeness (QED) is 0.581. The van der Waals surface area contributed by atoms with Crippen LogP contribution in [0.2, 0.25) is 0 Å². The van der Waals surface area contributed by atoms with E-state index >= 15 is 0 Å². The predicted octanol–water partition coefficient (Wildman–Crippen LogP) is 3.88. The van der Waals surface area contributed by atoms with E-state index in [4.69, 9.17) is 0 Å². The zero-order valence-corrected chi connectivity index (χ0v) is 14.9. The molecule has 2 atom stereocenters. The van der Waals surface area contributed by atoms with Crippen LogP contribution in [0.3, 0.4) is 0 Å². The van der Waals surface area contributed by atoms with E-state index in [-0.39, 0.29) is 34.5 Å². The van der Waals surface area contributed by atoms with Crippen molar-refractivity contribution in [3.63, 3.8) is 0 Å². The van der Waals surface area contributed by atoms with E-state index in [1.54, 1.807) is 0 Å².